The maximum atomic E-state index is 12.5. The van der Waals surface area contributed by atoms with Gasteiger partial charge in [0, 0.05) is 19.8 Å². The molecule has 1 saturated heterocycles. The molecule has 1 aliphatic rings. The largest absolute Gasteiger partial charge is 0.416 e. The summed E-state index contributed by atoms with van der Waals surface area (Å²) in [7, 11) is -10.9. The number of hydrogen-bond donors (Lipinski definition) is 0. The smallest absolute Gasteiger partial charge is 0.317 e. The molecule has 37 heavy (non-hydrogen) atoms. The van der Waals surface area contributed by atoms with E-state index in [1.807, 2.05) is 0 Å². The molecule has 0 aliphatic carbocycles. The fraction of sp³-hybridized carbons (Fsp3) is 1.00. The fourth-order valence-corrected chi connectivity index (χ4v) is 28.2. The van der Waals surface area contributed by atoms with Crippen molar-refractivity contribution in [3.63, 3.8) is 0 Å². The van der Waals surface area contributed by atoms with Crippen molar-refractivity contribution in [1.82, 2.24) is 0 Å². The van der Waals surface area contributed by atoms with Gasteiger partial charge < -0.3 is 30.7 Å². The summed E-state index contributed by atoms with van der Waals surface area (Å²) in [5, 5.41) is 0. The predicted octanol–water partition coefficient (Wildman–Crippen LogP) is 6.28. The van der Waals surface area contributed by atoms with E-state index in [9.17, 15) is 13.2 Å². The normalized spacial score (nSPS) is 30.8. The van der Waals surface area contributed by atoms with Gasteiger partial charge in [0.1, 0.15) is 20.0 Å². The average Bonchev–Trinajstić information content (AvgIpc) is 2.81. The molecule has 1 aliphatic heterocycles. The van der Waals surface area contributed by atoms with Crippen LogP contribution < -0.4 is 0 Å². The van der Waals surface area contributed by atoms with Crippen molar-refractivity contribution in [2.24, 2.45) is 0 Å². The zero-order valence-electron chi connectivity index (χ0n) is 23.7. The zero-order chi connectivity index (χ0) is 27.7. The second-order valence-corrected chi connectivity index (χ2v) is 24.6. The van der Waals surface area contributed by atoms with Crippen LogP contribution in [-0.4, -0.2) is 93.9 Å². The highest BCUT2D eigenvalue weighted by molar-refractivity contribution is 6.93. The first-order valence-corrected chi connectivity index (χ1v) is 23.9. The summed E-state index contributed by atoms with van der Waals surface area (Å²) in [6.07, 6.45) is 4.16. The minimum atomic E-state index is -2.77. The molecule has 0 spiro atoms. The topological polar surface area (TPSA) is 64.6 Å². The van der Waals surface area contributed by atoms with Gasteiger partial charge >= 0.3 is 34.2 Å². The second-order valence-electron chi connectivity index (χ2n) is 10.3. The highest BCUT2D eigenvalue weighted by Gasteiger charge is 2.56. The Morgan fingerprint density at radius 2 is 0.730 bits per heavy atom. The minimum absolute atomic E-state index is 0.0876. The van der Waals surface area contributed by atoms with Crippen LogP contribution in [0.2, 0.25) is 50.4 Å². The molecule has 0 aromatic rings. The number of halogens is 3. The summed E-state index contributed by atoms with van der Waals surface area (Å²) >= 11 is 0. The SMILES string of the molecule is CCCC[Si]1(C)O[Si](C)(CCCOCCF)O[Si](C)(CCCOCCF)O[Si](C)(CCCOCCF)O1. The lowest BCUT2D eigenvalue weighted by atomic mass is 10.4. The van der Waals surface area contributed by atoms with E-state index in [2.05, 4.69) is 33.1 Å². The molecule has 1 rings (SSSR count). The van der Waals surface area contributed by atoms with Gasteiger partial charge in [-0.2, -0.15) is 0 Å². The lowest BCUT2D eigenvalue weighted by Gasteiger charge is -2.50. The van der Waals surface area contributed by atoms with E-state index in [0.717, 1.165) is 18.9 Å². The molecule has 0 bridgehead atoms. The van der Waals surface area contributed by atoms with Crippen LogP contribution in [0.25, 0.3) is 0 Å². The third kappa shape index (κ3) is 15.1. The van der Waals surface area contributed by atoms with Gasteiger partial charge in [-0.05, 0) is 69.6 Å². The average molecular weight is 609 g/mol. The van der Waals surface area contributed by atoms with E-state index in [-0.39, 0.29) is 19.8 Å². The standard InChI is InChI=1S/C23H51F3O7Si4/c1-6-7-20-34(2)30-35(3,21-8-14-27-17-11-24)32-37(5,23-10-16-29-19-13-26)33-36(4,31-34)22-9-15-28-18-12-25/h6-23H2,1-5H3. The van der Waals surface area contributed by atoms with Gasteiger partial charge in [0.15, 0.2) is 0 Å². The van der Waals surface area contributed by atoms with Crippen molar-refractivity contribution in [3.05, 3.63) is 0 Å². The predicted molar refractivity (Wildman–Crippen MR) is 149 cm³/mol. The van der Waals surface area contributed by atoms with Crippen LogP contribution in [0.1, 0.15) is 39.0 Å². The highest BCUT2D eigenvalue weighted by Crippen LogP contribution is 2.38. The quantitative estimate of drug-likeness (QED) is 0.112. The molecule has 7 nitrogen and oxygen atoms in total. The number of hydrogen-bond acceptors (Lipinski definition) is 7. The summed E-state index contributed by atoms with van der Waals surface area (Å²) in [6.45, 7) is 10.7. The molecule has 0 amide bonds. The molecular formula is C23H51F3O7Si4. The molecule has 222 valence electrons. The third-order valence-electron chi connectivity index (χ3n) is 6.13. The Kier molecular flexibility index (Phi) is 17.9. The van der Waals surface area contributed by atoms with Crippen molar-refractivity contribution < 1.29 is 43.8 Å². The Bertz CT molecular complexity index is 571. The van der Waals surface area contributed by atoms with Crippen LogP contribution in [0.5, 0.6) is 0 Å². The van der Waals surface area contributed by atoms with E-state index in [0.29, 0.717) is 57.2 Å². The molecular weight excluding hydrogens is 558 g/mol. The van der Waals surface area contributed by atoms with Crippen LogP contribution in [0, 0.1) is 0 Å². The lowest BCUT2D eigenvalue weighted by Crippen LogP contribution is -2.67. The first-order chi connectivity index (χ1) is 17.6. The number of unbranched alkanes of at least 4 members (excludes halogenated alkanes) is 1. The van der Waals surface area contributed by atoms with E-state index >= 15 is 0 Å². The van der Waals surface area contributed by atoms with Crippen molar-refractivity contribution >= 4 is 34.2 Å². The van der Waals surface area contributed by atoms with Gasteiger partial charge in [0.2, 0.25) is 0 Å². The molecule has 0 aromatic carbocycles. The number of alkyl halides is 3. The molecule has 1 fully saturated rings. The van der Waals surface area contributed by atoms with Crippen molar-refractivity contribution in [2.75, 3.05) is 59.7 Å². The van der Waals surface area contributed by atoms with Gasteiger partial charge in [-0.3, -0.25) is 0 Å². The van der Waals surface area contributed by atoms with Gasteiger partial charge in [0.05, 0.1) is 19.8 Å². The van der Waals surface area contributed by atoms with E-state index < -0.39 is 54.3 Å². The first-order valence-electron chi connectivity index (χ1n) is 13.8. The number of rotatable bonds is 21. The minimum Gasteiger partial charge on any atom is -0.416 e. The number of ether oxygens (including phenoxy) is 3. The molecule has 0 aromatic heterocycles. The van der Waals surface area contributed by atoms with Crippen LogP contribution in [0.3, 0.4) is 0 Å². The Morgan fingerprint density at radius 3 is 0.973 bits per heavy atom. The molecule has 0 radical (unpaired) electrons. The van der Waals surface area contributed by atoms with E-state index in [1.165, 1.54) is 0 Å². The van der Waals surface area contributed by atoms with Crippen LogP contribution >= 0.6 is 0 Å². The van der Waals surface area contributed by atoms with Gasteiger partial charge in [0.25, 0.3) is 0 Å². The first kappa shape index (κ1) is 35.4. The monoisotopic (exact) mass is 608 g/mol. The van der Waals surface area contributed by atoms with E-state index in [4.69, 9.17) is 30.7 Å². The fourth-order valence-electron chi connectivity index (χ4n) is 4.77. The zero-order valence-corrected chi connectivity index (χ0v) is 27.7. The maximum Gasteiger partial charge on any atom is 0.317 e. The molecule has 0 saturated carbocycles. The Labute approximate surface area is 227 Å². The molecule has 0 N–H and O–H groups in total. The van der Waals surface area contributed by atoms with E-state index in [1.54, 1.807) is 0 Å². The summed E-state index contributed by atoms with van der Waals surface area (Å²) in [5.74, 6) is 0. The maximum absolute atomic E-state index is 12.5. The Balaban J connectivity index is 3.12. The van der Waals surface area contributed by atoms with Gasteiger partial charge in [-0.15, -0.1) is 0 Å². The second kappa shape index (κ2) is 18.7. The molecule has 2 unspecified atom stereocenters. The lowest BCUT2D eigenvalue weighted by molar-refractivity contribution is 0.115. The Hall–Kier alpha value is 0.378. The summed E-state index contributed by atoms with van der Waals surface area (Å²) in [6, 6.07) is 2.95. The summed E-state index contributed by atoms with van der Waals surface area (Å²) < 4.78 is 81.4. The van der Waals surface area contributed by atoms with Gasteiger partial charge in [-0.25, -0.2) is 13.2 Å². The Morgan fingerprint density at radius 1 is 0.459 bits per heavy atom. The summed E-state index contributed by atoms with van der Waals surface area (Å²) in [5.41, 5.74) is 0. The van der Waals surface area contributed by atoms with Crippen molar-refractivity contribution in [2.45, 2.75) is 89.4 Å². The molecule has 14 heteroatoms. The third-order valence-corrected chi connectivity index (χ3v) is 25.0. The van der Waals surface area contributed by atoms with Crippen molar-refractivity contribution in [3.8, 4) is 0 Å². The van der Waals surface area contributed by atoms with Crippen LogP contribution in [0.4, 0.5) is 13.2 Å². The molecule has 2 atom stereocenters. The van der Waals surface area contributed by atoms with Crippen molar-refractivity contribution in [1.29, 1.82) is 0 Å². The van der Waals surface area contributed by atoms with Crippen LogP contribution in [0.15, 0.2) is 0 Å². The van der Waals surface area contributed by atoms with Crippen LogP contribution in [-0.2, 0) is 30.7 Å². The summed E-state index contributed by atoms with van der Waals surface area (Å²) in [4.78, 5) is 0. The van der Waals surface area contributed by atoms with Gasteiger partial charge in [-0.1, -0.05) is 19.8 Å². The molecule has 1 heterocycles. The highest BCUT2D eigenvalue weighted by atomic mass is 28.5.